The lowest BCUT2D eigenvalue weighted by Crippen LogP contribution is -2.16. The number of aliphatic hydroxyl groups excluding tert-OH is 1. The van der Waals surface area contributed by atoms with Crippen molar-refractivity contribution in [2.75, 3.05) is 11.9 Å². The molecule has 0 aliphatic heterocycles. The first kappa shape index (κ1) is 15.3. The molecule has 0 atom stereocenters. The third-order valence-electron chi connectivity index (χ3n) is 3.33. The van der Waals surface area contributed by atoms with E-state index in [0.717, 1.165) is 36.2 Å². The number of carbonyl (C=O) groups excluding carboxylic acids is 1. The van der Waals surface area contributed by atoms with Gasteiger partial charge in [0.2, 0.25) is 0 Å². The van der Waals surface area contributed by atoms with E-state index >= 15 is 0 Å². The Hall–Kier alpha value is -2.14. The second-order valence-electron chi connectivity index (χ2n) is 4.98. The van der Waals surface area contributed by atoms with Crippen LogP contribution < -0.4 is 5.32 Å². The highest BCUT2D eigenvalue weighted by molar-refractivity contribution is 6.03. The minimum atomic E-state index is -0.163. The summed E-state index contributed by atoms with van der Waals surface area (Å²) in [7, 11) is 1.77. The molecule has 0 aliphatic carbocycles. The molecule has 21 heavy (non-hydrogen) atoms. The molecule has 5 nitrogen and oxygen atoms in total. The lowest BCUT2D eigenvalue weighted by atomic mass is 10.1. The van der Waals surface area contributed by atoms with Crippen LogP contribution in [0.3, 0.4) is 0 Å². The number of benzene rings is 1. The van der Waals surface area contributed by atoms with Crippen LogP contribution in [0.2, 0.25) is 0 Å². The van der Waals surface area contributed by atoms with Crippen LogP contribution in [0.4, 0.5) is 5.69 Å². The van der Waals surface area contributed by atoms with E-state index in [1.807, 2.05) is 37.3 Å². The summed E-state index contributed by atoms with van der Waals surface area (Å²) in [5.41, 5.74) is 3.31. The average Bonchev–Trinajstić information content (AvgIpc) is 2.87. The first-order valence-corrected chi connectivity index (χ1v) is 7.18. The van der Waals surface area contributed by atoms with E-state index in [0.29, 0.717) is 5.69 Å². The zero-order valence-corrected chi connectivity index (χ0v) is 12.5. The normalized spacial score (nSPS) is 10.6. The molecule has 1 aromatic carbocycles. The molecule has 0 saturated carbocycles. The van der Waals surface area contributed by atoms with Crippen LogP contribution in [0, 0.1) is 0 Å². The molecule has 1 aromatic heterocycles. The lowest BCUT2D eigenvalue weighted by Gasteiger charge is -2.07. The highest BCUT2D eigenvalue weighted by Gasteiger charge is 2.12. The topological polar surface area (TPSA) is 67.2 Å². The van der Waals surface area contributed by atoms with Crippen molar-refractivity contribution in [2.24, 2.45) is 7.05 Å². The summed E-state index contributed by atoms with van der Waals surface area (Å²) >= 11 is 0. The van der Waals surface area contributed by atoms with Crippen molar-refractivity contribution >= 4 is 11.6 Å². The van der Waals surface area contributed by atoms with E-state index in [4.69, 9.17) is 5.11 Å². The Labute approximate surface area is 124 Å². The van der Waals surface area contributed by atoms with Gasteiger partial charge in [0.1, 0.15) is 5.69 Å². The molecule has 1 heterocycles. The van der Waals surface area contributed by atoms with Crippen LogP contribution in [-0.4, -0.2) is 27.4 Å². The standard InChI is InChI=1S/C16H21N3O2/c1-3-13-11-15(19(2)18-13)16(21)17-14-8-4-6-12(10-14)7-5-9-20/h4,6,8,10-11,20H,3,5,7,9H2,1-2H3,(H,17,21). The van der Waals surface area contributed by atoms with Crippen molar-refractivity contribution in [1.29, 1.82) is 0 Å². The van der Waals surface area contributed by atoms with Gasteiger partial charge in [-0.25, -0.2) is 0 Å². The number of aliphatic hydroxyl groups is 1. The van der Waals surface area contributed by atoms with Crippen molar-refractivity contribution < 1.29 is 9.90 Å². The first-order valence-electron chi connectivity index (χ1n) is 7.18. The van der Waals surface area contributed by atoms with Gasteiger partial charge in [0.25, 0.3) is 5.91 Å². The van der Waals surface area contributed by atoms with E-state index in [-0.39, 0.29) is 12.5 Å². The zero-order chi connectivity index (χ0) is 15.2. The van der Waals surface area contributed by atoms with Gasteiger partial charge in [-0.15, -0.1) is 0 Å². The zero-order valence-electron chi connectivity index (χ0n) is 12.5. The van der Waals surface area contributed by atoms with Gasteiger partial charge in [-0.05, 0) is 43.0 Å². The maximum Gasteiger partial charge on any atom is 0.273 e. The Morgan fingerprint density at radius 2 is 2.19 bits per heavy atom. The molecule has 1 amide bonds. The van der Waals surface area contributed by atoms with Gasteiger partial charge >= 0.3 is 0 Å². The van der Waals surface area contributed by atoms with Gasteiger partial charge in [-0.1, -0.05) is 19.1 Å². The Morgan fingerprint density at radius 3 is 2.86 bits per heavy atom. The molecule has 0 saturated heterocycles. The van der Waals surface area contributed by atoms with E-state index < -0.39 is 0 Å². The number of anilines is 1. The second kappa shape index (κ2) is 7.04. The fourth-order valence-corrected chi connectivity index (χ4v) is 2.19. The molecule has 0 aliphatic rings. The molecule has 0 unspecified atom stereocenters. The second-order valence-corrected chi connectivity index (χ2v) is 4.98. The summed E-state index contributed by atoms with van der Waals surface area (Å²) in [5.74, 6) is -0.163. The number of carbonyl (C=O) groups is 1. The van der Waals surface area contributed by atoms with Crippen LogP contribution in [-0.2, 0) is 19.9 Å². The van der Waals surface area contributed by atoms with E-state index in [1.165, 1.54) is 0 Å². The van der Waals surface area contributed by atoms with Gasteiger partial charge in [0.15, 0.2) is 0 Å². The van der Waals surface area contributed by atoms with Crippen molar-refractivity contribution in [2.45, 2.75) is 26.2 Å². The summed E-state index contributed by atoms with van der Waals surface area (Å²) in [6.45, 7) is 2.18. The molecular formula is C16H21N3O2. The molecule has 2 rings (SSSR count). The number of aromatic nitrogens is 2. The van der Waals surface area contributed by atoms with Crippen molar-refractivity contribution in [1.82, 2.24) is 9.78 Å². The number of nitrogens with zero attached hydrogens (tertiary/aromatic N) is 2. The average molecular weight is 287 g/mol. The van der Waals surface area contributed by atoms with Gasteiger partial charge in [-0.2, -0.15) is 5.10 Å². The summed E-state index contributed by atoms with van der Waals surface area (Å²) < 4.78 is 1.60. The highest BCUT2D eigenvalue weighted by Crippen LogP contribution is 2.14. The summed E-state index contributed by atoms with van der Waals surface area (Å²) in [6, 6.07) is 9.50. The SMILES string of the molecule is CCc1cc(C(=O)Nc2cccc(CCCO)c2)n(C)n1. The van der Waals surface area contributed by atoms with Crippen molar-refractivity contribution in [3.8, 4) is 0 Å². The largest absolute Gasteiger partial charge is 0.396 e. The predicted molar refractivity (Wildman–Crippen MR) is 82.4 cm³/mol. The van der Waals surface area contributed by atoms with Crippen LogP contribution in [0.1, 0.15) is 35.1 Å². The monoisotopic (exact) mass is 287 g/mol. The summed E-state index contributed by atoms with van der Waals surface area (Å²) in [4.78, 5) is 12.3. The highest BCUT2D eigenvalue weighted by atomic mass is 16.2. The number of hydrogen-bond acceptors (Lipinski definition) is 3. The summed E-state index contributed by atoms with van der Waals surface area (Å²) in [5, 5.41) is 16.0. The molecule has 0 radical (unpaired) electrons. The van der Waals surface area contributed by atoms with Gasteiger partial charge in [0, 0.05) is 19.3 Å². The minimum absolute atomic E-state index is 0.163. The van der Waals surface area contributed by atoms with Gasteiger partial charge in [-0.3, -0.25) is 9.48 Å². The number of aryl methyl sites for hydroxylation is 3. The predicted octanol–water partition coefficient (Wildman–Crippen LogP) is 2.16. The number of nitrogens with one attached hydrogen (secondary N) is 1. The summed E-state index contributed by atoms with van der Waals surface area (Å²) in [6.07, 6.45) is 2.32. The fraction of sp³-hybridized carbons (Fsp3) is 0.375. The Balaban J connectivity index is 2.10. The third kappa shape index (κ3) is 3.92. The van der Waals surface area contributed by atoms with Crippen molar-refractivity contribution in [3.63, 3.8) is 0 Å². The van der Waals surface area contributed by atoms with Crippen LogP contribution in [0.15, 0.2) is 30.3 Å². The molecule has 0 spiro atoms. The van der Waals surface area contributed by atoms with E-state index in [9.17, 15) is 4.79 Å². The molecule has 0 fully saturated rings. The molecule has 112 valence electrons. The van der Waals surface area contributed by atoms with Gasteiger partial charge < -0.3 is 10.4 Å². The fourth-order valence-electron chi connectivity index (χ4n) is 2.19. The van der Waals surface area contributed by atoms with Crippen molar-refractivity contribution in [3.05, 3.63) is 47.3 Å². The Kier molecular flexibility index (Phi) is 5.11. The molecule has 2 N–H and O–H groups in total. The lowest BCUT2D eigenvalue weighted by molar-refractivity contribution is 0.101. The first-order chi connectivity index (χ1) is 10.1. The third-order valence-corrected chi connectivity index (χ3v) is 3.33. The Morgan fingerprint density at radius 1 is 1.38 bits per heavy atom. The Bertz CT molecular complexity index is 620. The maximum atomic E-state index is 12.3. The minimum Gasteiger partial charge on any atom is -0.396 e. The van der Waals surface area contributed by atoms with Crippen LogP contribution >= 0.6 is 0 Å². The van der Waals surface area contributed by atoms with E-state index in [2.05, 4.69) is 10.4 Å². The van der Waals surface area contributed by atoms with Crippen LogP contribution in [0.25, 0.3) is 0 Å². The molecule has 2 aromatic rings. The number of rotatable bonds is 6. The molecular weight excluding hydrogens is 266 g/mol. The maximum absolute atomic E-state index is 12.3. The van der Waals surface area contributed by atoms with E-state index in [1.54, 1.807) is 11.7 Å². The van der Waals surface area contributed by atoms with Gasteiger partial charge in [0.05, 0.1) is 5.69 Å². The smallest absolute Gasteiger partial charge is 0.273 e. The quantitative estimate of drug-likeness (QED) is 0.855. The number of hydrogen-bond donors (Lipinski definition) is 2. The number of amides is 1. The molecule has 0 bridgehead atoms. The van der Waals surface area contributed by atoms with Crippen LogP contribution in [0.5, 0.6) is 0 Å². The molecule has 5 heteroatoms.